The van der Waals surface area contributed by atoms with Crippen molar-refractivity contribution < 1.29 is 14.3 Å². The quantitative estimate of drug-likeness (QED) is 0.623. The maximum atomic E-state index is 12.2. The molecule has 0 aliphatic carbocycles. The number of anilines is 2. The van der Waals surface area contributed by atoms with Crippen molar-refractivity contribution >= 4 is 17.4 Å². The first-order chi connectivity index (χ1) is 13.7. The predicted molar refractivity (Wildman–Crippen MR) is 110 cm³/mol. The molecule has 1 heterocycles. The van der Waals surface area contributed by atoms with E-state index in [-0.39, 0.29) is 5.91 Å². The van der Waals surface area contributed by atoms with E-state index in [0.29, 0.717) is 18.7 Å². The van der Waals surface area contributed by atoms with Crippen LogP contribution < -0.4 is 20.1 Å². The number of carbonyl (C=O) groups excluding carboxylic acids is 1. The topological polar surface area (TPSA) is 72.5 Å². The van der Waals surface area contributed by atoms with Crippen LogP contribution in [-0.4, -0.2) is 25.1 Å². The van der Waals surface area contributed by atoms with E-state index in [0.717, 1.165) is 28.4 Å². The van der Waals surface area contributed by atoms with E-state index in [1.54, 1.807) is 20.4 Å². The van der Waals surface area contributed by atoms with Crippen molar-refractivity contribution in [1.29, 1.82) is 0 Å². The second-order valence-corrected chi connectivity index (χ2v) is 6.21. The summed E-state index contributed by atoms with van der Waals surface area (Å²) in [5, 5.41) is 6.11. The molecule has 2 N–H and O–H groups in total. The Bertz CT molecular complexity index is 892. The highest BCUT2D eigenvalue weighted by Gasteiger charge is 2.05. The van der Waals surface area contributed by atoms with Gasteiger partial charge in [-0.1, -0.05) is 24.3 Å². The van der Waals surface area contributed by atoms with Gasteiger partial charge in [0.25, 0.3) is 0 Å². The highest BCUT2D eigenvalue weighted by atomic mass is 16.5. The number of hydrogen-bond acceptors (Lipinski definition) is 5. The molecule has 6 nitrogen and oxygen atoms in total. The van der Waals surface area contributed by atoms with Crippen LogP contribution in [0.5, 0.6) is 11.5 Å². The summed E-state index contributed by atoms with van der Waals surface area (Å²) in [5.74, 6) is 2.25. The van der Waals surface area contributed by atoms with E-state index in [2.05, 4.69) is 15.6 Å². The third kappa shape index (κ3) is 5.48. The van der Waals surface area contributed by atoms with Crippen LogP contribution in [0.2, 0.25) is 0 Å². The molecule has 1 amide bonds. The molecule has 0 aliphatic heterocycles. The first-order valence-corrected chi connectivity index (χ1v) is 8.92. The Balaban J connectivity index is 1.49. The van der Waals surface area contributed by atoms with Gasteiger partial charge in [0.15, 0.2) is 0 Å². The van der Waals surface area contributed by atoms with Gasteiger partial charge in [0, 0.05) is 6.54 Å². The highest BCUT2D eigenvalue weighted by Crippen LogP contribution is 2.15. The molecule has 0 bridgehead atoms. The lowest BCUT2D eigenvalue weighted by Crippen LogP contribution is -2.14. The van der Waals surface area contributed by atoms with E-state index < -0.39 is 0 Å². The lowest BCUT2D eigenvalue weighted by molar-refractivity contribution is -0.115. The zero-order valence-corrected chi connectivity index (χ0v) is 15.9. The fourth-order valence-electron chi connectivity index (χ4n) is 2.64. The Morgan fingerprint density at radius 2 is 1.46 bits per heavy atom. The number of hydrogen-bond donors (Lipinski definition) is 2. The monoisotopic (exact) mass is 377 g/mol. The fraction of sp³-hybridized carbons (Fsp3) is 0.182. The van der Waals surface area contributed by atoms with Gasteiger partial charge in [-0.05, 0) is 47.5 Å². The Kier molecular flexibility index (Phi) is 6.46. The molecule has 28 heavy (non-hydrogen) atoms. The molecular formula is C22H23N3O3. The minimum atomic E-state index is -0.0918. The van der Waals surface area contributed by atoms with Crippen molar-refractivity contribution in [1.82, 2.24) is 4.98 Å². The van der Waals surface area contributed by atoms with Gasteiger partial charge in [-0.25, -0.2) is 4.98 Å². The van der Waals surface area contributed by atoms with Crippen LogP contribution in [0.25, 0.3) is 0 Å². The lowest BCUT2D eigenvalue weighted by Gasteiger charge is -2.09. The van der Waals surface area contributed by atoms with Gasteiger partial charge in [0.2, 0.25) is 5.91 Å². The van der Waals surface area contributed by atoms with Gasteiger partial charge in [-0.2, -0.15) is 0 Å². The number of nitrogens with zero attached hydrogens (tertiary/aromatic N) is 1. The third-order valence-electron chi connectivity index (χ3n) is 4.20. The van der Waals surface area contributed by atoms with Crippen LogP contribution in [0.3, 0.4) is 0 Å². The standard InChI is InChI=1S/C22H23N3O3/c1-27-19-8-3-16(4-9-19)13-22(26)25-18-7-12-21(24-15-18)23-14-17-5-10-20(28-2)11-6-17/h3-12,15H,13-14H2,1-2H3,(H,23,24)(H,25,26). The largest absolute Gasteiger partial charge is 0.497 e. The summed E-state index contributed by atoms with van der Waals surface area (Å²) in [6.07, 6.45) is 1.93. The van der Waals surface area contributed by atoms with Crippen LogP contribution in [-0.2, 0) is 17.8 Å². The van der Waals surface area contributed by atoms with Crippen LogP contribution in [0, 0.1) is 0 Å². The molecule has 3 rings (SSSR count). The van der Waals surface area contributed by atoms with Gasteiger partial charge < -0.3 is 20.1 Å². The summed E-state index contributed by atoms with van der Waals surface area (Å²) in [7, 11) is 3.26. The second-order valence-electron chi connectivity index (χ2n) is 6.21. The molecule has 6 heteroatoms. The van der Waals surface area contributed by atoms with E-state index >= 15 is 0 Å². The van der Waals surface area contributed by atoms with Crippen molar-refractivity contribution in [2.24, 2.45) is 0 Å². The molecule has 0 aliphatic rings. The van der Waals surface area contributed by atoms with Crippen molar-refractivity contribution in [3.8, 4) is 11.5 Å². The summed E-state index contributed by atoms with van der Waals surface area (Å²) >= 11 is 0. The molecule has 0 spiro atoms. The van der Waals surface area contributed by atoms with E-state index in [1.807, 2.05) is 60.7 Å². The first kappa shape index (κ1) is 19.2. The smallest absolute Gasteiger partial charge is 0.228 e. The SMILES string of the molecule is COc1ccc(CNc2ccc(NC(=O)Cc3ccc(OC)cc3)cn2)cc1. The Morgan fingerprint density at radius 1 is 0.857 bits per heavy atom. The number of rotatable bonds is 8. The van der Waals surface area contributed by atoms with Crippen LogP contribution in [0.4, 0.5) is 11.5 Å². The molecule has 0 saturated heterocycles. The van der Waals surface area contributed by atoms with Crippen molar-refractivity contribution in [2.75, 3.05) is 24.9 Å². The van der Waals surface area contributed by atoms with Gasteiger partial charge in [0.1, 0.15) is 17.3 Å². The summed E-state index contributed by atoms with van der Waals surface area (Å²) < 4.78 is 10.3. The number of aromatic nitrogens is 1. The maximum absolute atomic E-state index is 12.2. The zero-order chi connectivity index (χ0) is 19.8. The first-order valence-electron chi connectivity index (χ1n) is 8.92. The van der Waals surface area contributed by atoms with E-state index in [1.165, 1.54) is 0 Å². The van der Waals surface area contributed by atoms with Crippen LogP contribution in [0.15, 0.2) is 66.9 Å². The number of pyridine rings is 1. The normalized spacial score (nSPS) is 10.2. The average molecular weight is 377 g/mol. The number of amides is 1. The summed E-state index contributed by atoms with van der Waals surface area (Å²) in [5.41, 5.74) is 2.71. The number of methoxy groups -OCH3 is 2. The second kappa shape index (κ2) is 9.41. The molecule has 0 saturated carbocycles. The minimum Gasteiger partial charge on any atom is -0.497 e. The maximum Gasteiger partial charge on any atom is 0.228 e. The Morgan fingerprint density at radius 3 is 2.00 bits per heavy atom. The van der Waals surface area contributed by atoms with Crippen molar-refractivity contribution in [2.45, 2.75) is 13.0 Å². The predicted octanol–water partition coefficient (Wildman–Crippen LogP) is 3.89. The molecule has 2 aromatic carbocycles. The number of nitrogens with one attached hydrogen (secondary N) is 2. The van der Waals surface area contributed by atoms with Gasteiger partial charge in [-0.15, -0.1) is 0 Å². The summed E-state index contributed by atoms with van der Waals surface area (Å²) in [4.78, 5) is 16.5. The Labute approximate surface area is 164 Å². The molecule has 144 valence electrons. The van der Waals surface area contributed by atoms with E-state index in [9.17, 15) is 4.79 Å². The zero-order valence-electron chi connectivity index (χ0n) is 15.9. The lowest BCUT2D eigenvalue weighted by atomic mass is 10.1. The number of benzene rings is 2. The molecule has 3 aromatic rings. The molecule has 0 radical (unpaired) electrons. The number of ether oxygens (including phenoxy) is 2. The van der Waals surface area contributed by atoms with Gasteiger partial charge in [0.05, 0.1) is 32.5 Å². The van der Waals surface area contributed by atoms with Crippen molar-refractivity contribution in [3.63, 3.8) is 0 Å². The summed E-state index contributed by atoms with van der Waals surface area (Å²) in [6, 6.07) is 18.9. The molecule has 1 aromatic heterocycles. The van der Waals surface area contributed by atoms with Crippen LogP contribution >= 0.6 is 0 Å². The van der Waals surface area contributed by atoms with E-state index in [4.69, 9.17) is 9.47 Å². The molecule has 0 atom stereocenters. The molecular weight excluding hydrogens is 354 g/mol. The van der Waals surface area contributed by atoms with Gasteiger partial charge in [-0.3, -0.25) is 4.79 Å². The van der Waals surface area contributed by atoms with Crippen molar-refractivity contribution in [3.05, 3.63) is 78.0 Å². The third-order valence-corrected chi connectivity index (χ3v) is 4.20. The highest BCUT2D eigenvalue weighted by molar-refractivity contribution is 5.92. The Hall–Kier alpha value is -3.54. The number of carbonyl (C=O) groups is 1. The minimum absolute atomic E-state index is 0.0918. The van der Waals surface area contributed by atoms with Gasteiger partial charge >= 0.3 is 0 Å². The fourth-order valence-corrected chi connectivity index (χ4v) is 2.64. The summed E-state index contributed by atoms with van der Waals surface area (Å²) in [6.45, 7) is 0.653. The molecule has 0 unspecified atom stereocenters. The molecule has 0 fully saturated rings. The van der Waals surface area contributed by atoms with Crippen LogP contribution in [0.1, 0.15) is 11.1 Å². The average Bonchev–Trinajstić information content (AvgIpc) is 2.74.